The van der Waals surface area contributed by atoms with Crippen molar-refractivity contribution in [1.29, 1.82) is 0 Å². The van der Waals surface area contributed by atoms with Crippen molar-refractivity contribution >= 4 is 28.4 Å². The second-order valence-electron chi connectivity index (χ2n) is 4.64. The van der Waals surface area contributed by atoms with E-state index in [1.807, 2.05) is 18.3 Å². The van der Waals surface area contributed by atoms with Crippen LogP contribution in [0.3, 0.4) is 0 Å². The molecule has 2 aromatic carbocycles. The van der Waals surface area contributed by atoms with E-state index in [-0.39, 0.29) is 0 Å². The molecule has 0 amide bonds. The van der Waals surface area contributed by atoms with Gasteiger partial charge < -0.3 is 11.1 Å². The Labute approximate surface area is 128 Å². The summed E-state index contributed by atoms with van der Waals surface area (Å²) in [5, 5.41) is 4.49. The maximum atomic E-state index is 5.57. The first-order valence-electron chi connectivity index (χ1n) is 6.93. The van der Waals surface area contributed by atoms with E-state index in [0.717, 1.165) is 28.0 Å². The maximum Gasteiger partial charge on any atom is 0.0862 e. The summed E-state index contributed by atoms with van der Waals surface area (Å²) < 4.78 is 0. The largest absolute Gasteiger partial charge is 0.383 e. The summed E-state index contributed by atoms with van der Waals surface area (Å²) in [6.07, 6.45) is 1.84. The van der Waals surface area contributed by atoms with Crippen molar-refractivity contribution in [3.8, 4) is 0 Å². The van der Waals surface area contributed by atoms with Crippen LogP contribution >= 0.6 is 11.8 Å². The van der Waals surface area contributed by atoms with Crippen molar-refractivity contribution in [3.05, 3.63) is 60.8 Å². The summed E-state index contributed by atoms with van der Waals surface area (Å²) in [4.78, 5) is 6.93. The molecule has 0 saturated heterocycles. The van der Waals surface area contributed by atoms with Crippen molar-refractivity contribution in [2.45, 2.75) is 9.79 Å². The number of pyridine rings is 1. The summed E-state index contributed by atoms with van der Waals surface area (Å²) in [5.41, 5.74) is 7.68. The third-order valence-electron chi connectivity index (χ3n) is 3.16. The van der Waals surface area contributed by atoms with E-state index in [4.69, 9.17) is 5.73 Å². The van der Waals surface area contributed by atoms with Gasteiger partial charge in [0.2, 0.25) is 0 Å². The highest BCUT2D eigenvalue weighted by Crippen LogP contribution is 2.34. The van der Waals surface area contributed by atoms with Gasteiger partial charge in [0.25, 0.3) is 0 Å². The third-order valence-corrected chi connectivity index (χ3v) is 4.22. The van der Waals surface area contributed by atoms with Gasteiger partial charge in [-0.1, -0.05) is 42.1 Å². The standard InChI is InChI=1S/C17H17N3S/c18-10-12-19-15-9-11-20-17-14(15)7-4-8-16(17)21-13-5-2-1-3-6-13/h1-9,11H,10,12,18H2,(H,19,20). The fourth-order valence-corrected chi connectivity index (χ4v) is 3.16. The van der Waals surface area contributed by atoms with Crippen LogP contribution in [0.4, 0.5) is 5.69 Å². The second kappa shape index (κ2) is 6.61. The Balaban J connectivity index is 2.00. The van der Waals surface area contributed by atoms with E-state index < -0.39 is 0 Å². The number of para-hydroxylation sites is 1. The summed E-state index contributed by atoms with van der Waals surface area (Å²) in [7, 11) is 0. The third kappa shape index (κ3) is 3.17. The average molecular weight is 295 g/mol. The maximum absolute atomic E-state index is 5.57. The fraction of sp³-hybridized carbons (Fsp3) is 0.118. The van der Waals surface area contributed by atoms with Crippen LogP contribution in [-0.2, 0) is 0 Å². The molecule has 21 heavy (non-hydrogen) atoms. The van der Waals surface area contributed by atoms with Crippen molar-refractivity contribution in [2.75, 3.05) is 18.4 Å². The number of nitrogens with two attached hydrogens (primary N) is 1. The van der Waals surface area contributed by atoms with E-state index in [9.17, 15) is 0 Å². The predicted octanol–water partition coefficient (Wildman–Crippen LogP) is 3.76. The zero-order chi connectivity index (χ0) is 14.5. The van der Waals surface area contributed by atoms with Gasteiger partial charge in [-0.15, -0.1) is 0 Å². The van der Waals surface area contributed by atoms with Crippen molar-refractivity contribution in [1.82, 2.24) is 4.98 Å². The first-order chi connectivity index (χ1) is 10.4. The van der Waals surface area contributed by atoms with E-state index >= 15 is 0 Å². The Morgan fingerprint density at radius 3 is 2.67 bits per heavy atom. The lowest BCUT2D eigenvalue weighted by Gasteiger charge is -2.10. The summed E-state index contributed by atoms with van der Waals surface area (Å²) in [6, 6.07) is 18.6. The molecule has 0 saturated carbocycles. The van der Waals surface area contributed by atoms with Crippen LogP contribution in [0, 0.1) is 0 Å². The molecule has 3 N–H and O–H groups in total. The van der Waals surface area contributed by atoms with E-state index in [2.05, 4.69) is 52.8 Å². The molecule has 0 aliphatic heterocycles. The summed E-state index contributed by atoms with van der Waals surface area (Å²) in [5.74, 6) is 0. The number of hydrogen-bond acceptors (Lipinski definition) is 4. The smallest absolute Gasteiger partial charge is 0.0862 e. The van der Waals surface area contributed by atoms with Crippen LogP contribution in [0.25, 0.3) is 10.9 Å². The Hall–Kier alpha value is -2.04. The number of fused-ring (bicyclic) bond motifs is 1. The highest BCUT2D eigenvalue weighted by atomic mass is 32.2. The van der Waals surface area contributed by atoms with Crippen LogP contribution in [0.5, 0.6) is 0 Å². The van der Waals surface area contributed by atoms with Gasteiger partial charge in [-0.05, 0) is 24.3 Å². The van der Waals surface area contributed by atoms with Gasteiger partial charge in [0.15, 0.2) is 0 Å². The van der Waals surface area contributed by atoms with Crippen LogP contribution < -0.4 is 11.1 Å². The molecule has 4 heteroatoms. The Bertz CT molecular complexity index is 728. The first-order valence-corrected chi connectivity index (χ1v) is 7.75. The highest BCUT2D eigenvalue weighted by Gasteiger charge is 2.07. The zero-order valence-electron chi connectivity index (χ0n) is 11.6. The molecular formula is C17H17N3S. The Morgan fingerprint density at radius 1 is 1.00 bits per heavy atom. The predicted molar refractivity (Wildman–Crippen MR) is 89.9 cm³/mol. The summed E-state index contributed by atoms with van der Waals surface area (Å²) in [6.45, 7) is 1.37. The van der Waals surface area contributed by atoms with Crippen LogP contribution in [0.2, 0.25) is 0 Å². The molecule has 3 aromatic rings. The minimum absolute atomic E-state index is 0.613. The number of nitrogens with zero attached hydrogens (tertiary/aromatic N) is 1. The summed E-state index contributed by atoms with van der Waals surface area (Å²) >= 11 is 1.73. The van der Waals surface area contributed by atoms with Crippen molar-refractivity contribution in [2.24, 2.45) is 5.73 Å². The molecule has 106 valence electrons. The number of anilines is 1. The molecule has 0 bridgehead atoms. The van der Waals surface area contributed by atoms with E-state index in [0.29, 0.717) is 6.54 Å². The quantitative estimate of drug-likeness (QED) is 0.752. The highest BCUT2D eigenvalue weighted by molar-refractivity contribution is 7.99. The number of nitrogens with one attached hydrogen (secondary N) is 1. The van der Waals surface area contributed by atoms with Gasteiger partial charge in [0.05, 0.1) is 5.52 Å². The molecule has 0 fully saturated rings. The lowest BCUT2D eigenvalue weighted by atomic mass is 10.2. The molecule has 3 rings (SSSR count). The van der Waals surface area contributed by atoms with Gasteiger partial charge in [-0.2, -0.15) is 0 Å². The minimum Gasteiger partial charge on any atom is -0.383 e. The molecule has 0 atom stereocenters. The SMILES string of the molecule is NCCNc1ccnc2c(Sc3ccccc3)cccc12. The second-order valence-corrected chi connectivity index (χ2v) is 5.76. The van der Waals surface area contributed by atoms with Crippen molar-refractivity contribution in [3.63, 3.8) is 0 Å². The molecule has 1 heterocycles. The molecule has 0 aliphatic carbocycles. The van der Waals surface area contributed by atoms with Gasteiger partial charge in [0, 0.05) is 40.2 Å². The fourth-order valence-electron chi connectivity index (χ4n) is 2.21. The number of rotatable bonds is 5. The van der Waals surface area contributed by atoms with E-state index in [1.165, 1.54) is 4.90 Å². The Kier molecular flexibility index (Phi) is 4.38. The van der Waals surface area contributed by atoms with Gasteiger partial charge >= 0.3 is 0 Å². The van der Waals surface area contributed by atoms with Crippen LogP contribution in [0.1, 0.15) is 0 Å². The molecule has 3 nitrogen and oxygen atoms in total. The number of hydrogen-bond donors (Lipinski definition) is 2. The lowest BCUT2D eigenvalue weighted by molar-refractivity contribution is 1.03. The van der Waals surface area contributed by atoms with Gasteiger partial charge in [0.1, 0.15) is 0 Å². The van der Waals surface area contributed by atoms with Crippen LogP contribution in [0.15, 0.2) is 70.6 Å². The van der Waals surface area contributed by atoms with E-state index in [1.54, 1.807) is 11.8 Å². The molecule has 0 radical (unpaired) electrons. The normalized spacial score (nSPS) is 10.7. The van der Waals surface area contributed by atoms with Gasteiger partial charge in [-0.3, -0.25) is 4.98 Å². The Morgan fingerprint density at radius 2 is 1.86 bits per heavy atom. The molecule has 0 aliphatic rings. The average Bonchev–Trinajstić information content (AvgIpc) is 2.54. The molecule has 0 spiro atoms. The van der Waals surface area contributed by atoms with Crippen molar-refractivity contribution < 1.29 is 0 Å². The van der Waals surface area contributed by atoms with Gasteiger partial charge in [-0.25, -0.2) is 0 Å². The number of benzene rings is 2. The monoisotopic (exact) mass is 295 g/mol. The number of aromatic nitrogens is 1. The minimum atomic E-state index is 0.613. The first kappa shape index (κ1) is 13.9. The molecular weight excluding hydrogens is 278 g/mol. The lowest BCUT2D eigenvalue weighted by Crippen LogP contribution is -2.13. The van der Waals surface area contributed by atoms with Crippen LogP contribution in [-0.4, -0.2) is 18.1 Å². The zero-order valence-corrected chi connectivity index (χ0v) is 12.4. The molecule has 0 unspecified atom stereocenters. The molecule has 1 aromatic heterocycles. The topological polar surface area (TPSA) is 50.9 Å².